The number of hydrogen-bond acceptors (Lipinski definition) is 2. The van der Waals surface area contributed by atoms with Crippen LogP contribution in [0.25, 0.3) is 0 Å². The summed E-state index contributed by atoms with van der Waals surface area (Å²) >= 11 is 5.76. The SMILES string of the molecule is CCNC(=NCc1ccc(F)c(Cl)c1)NCC(C)(C)OC.I. The number of ether oxygens (including phenoxy) is 1. The second-order valence-corrected chi connectivity index (χ2v) is 5.67. The van der Waals surface area contributed by atoms with E-state index in [0.717, 1.165) is 12.1 Å². The standard InChI is InChI=1S/C15H23ClFN3O.HI/c1-5-18-14(20-10-15(2,3)21-4)19-9-11-6-7-13(17)12(16)8-11;/h6-8H,5,9-10H2,1-4H3,(H2,18,19,20);1H. The molecule has 1 aromatic rings. The minimum Gasteiger partial charge on any atom is -0.377 e. The molecule has 0 radical (unpaired) electrons. The molecule has 0 unspecified atom stereocenters. The predicted octanol–water partition coefficient (Wildman–Crippen LogP) is 3.58. The summed E-state index contributed by atoms with van der Waals surface area (Å²) in [6, 6.07) is 4.61. The zero-order valence-electron chi connectivity index (χ0n) is 13.4. The molecule has 0 bridgehead atoms. The van der Waals surface area contributed by atoms with Crippen molar-refractivity contribution in [2.75, 3.05) is 20.2 Å². The Labute approximate surface area is 153 Å². The molecule has 0 aliphatic heterocycles. The van der Waals surface area contributed by atoms with Gasteiger partial charge in [0.15, 0.2) is 5.96 Å². The molecule has 1 rings (SSSR count). The molecule has 22 heavy (non-hydrogen) atoms. The van der Waals surface area contributed by atoms with Crippen molar-refractivity contribution in [1.29, 1.82) is 0 Å². The van der Waals surface area contributed by atoms with E-state index >= 15 is 0 Å². The van der Waals surface area contributed by atoms with Crippen molar-refractivity contribution in [3.05, 3.63) is 34.6 Å². The van der Waals surface area contributed by atoms with E-state index in [0.29, 0.717) is 19.0 Å². The van der Waals surface area contributed by atoms with Gasteiger partial charge in [-0.15, -0.1) is 24.0 Å². The molecule has 0 aliphatic carbocycles. The first-order valence-corrected chi connectivity index (χ1v) is 7.27. The van der Waals surface area contributed by atoms with Crippen LogP contribution in [0.5, 0.6) is 0 Å². The summed E-state index contributed by atoms with van der Waals surface area (Å²) in [5.74, 6) is 0.263. The molecule has 7 heteroatoms. The van der Waals surface area contributed by atoms with Crippen molar-refractivity contribution in [3.8, 4) is 0 Å². The number of methoxy groups -OCH3 is 1. The lowest BCUT2D eigenvalue weighted by molar-refractivity contribution is 0.0268. The third-order valence-electron chi connectivity index (χ3n) is 2.98. The Morgan fingerprint density at radius 3 is 2.59 bits per heavy atom. The fraction of sp³-hybridized carbons (Fsp3) is 0.533. The summed E-state index contributed by atoms with van der Waals surface area (Å²) in [4.78, 5) is 4.45. The summed E-state index contributed by atoms with van der Waals surface area (Å²) in [7, 11) is 1.67. The quantitative estimate of drug-likeness (QED) is 0.401. The monoisotopic (exact) mass is 443 g/mol. The van der Waals surface area contributed by atoms with E-state index in [2.05, 4.69) is 15.6 Å². The zero-order valence-corrected chi connectivity index (χ0v) is 16.5. The van der Waals surface area contributed by atoms with Gasteiger partial charge >= 0.3 is 0 Å². The number of nitrogens with zero attached hydrogens (tertiary/aromatic N) is 1. The minimum absolute atomic E-state index is 0. The van der Waals surface area contributed by atoms with Crippen molar-refractivity contribution in [1.82, 2.24) is 10.6 Å². The van der Waals surface area contributed by atoms with Gasteiger partial charge < -0.3 is 15.4 Å². The van der Waals surface area contributed by atoms with Gasteiger partial charge in [-0.2, -0.15) is 0 Å². The lowest BCUT2D eigenvalue weighted by atomic mass is 10.1. The summed E-state index contributed by atoms with van der Waals surface area (Å²) in [6.45, 7) is 7.77. The highest BCUT2D eigenvalue weighted by molar-refractivity contribution is 14.0. The van der Waals surface area contributed by atoms with Gasteiger partial charge in [-0.3, -0.25) is 0 Å². The van der Waals surface area contributed by atoms with Crippen LogP contribution in [0.1, 0.15) is 26.3 Å². The fourth-order valence-electron chi connectivity index (χ4n) is 1.52. The predicted molar refractivity (Wildman–Crippen MR) is 101 cm³/mol. The molecule has 126 valence electrons. The highest BCUT2D eigenvalue weighted by atomic mass is 127. The Morgan fingerprint density at radius 1 is 1.36 bits per heavy atom. The molecule has 0 saturated heterocycles. The van der Waals surface area contributed by atoms with Crippen LogP contribution in [0, 0.1) is 5.82 Å². The molecule has 0 atom stereocenters. The van der Waals surface area contributed by atoms with Crippen LogP contribution < -0.4 is 10.6 Å². The van der Waals surface area contributed by atoms with E-state index < -0.39 is 5.82 Å². The van der Waals surface area contributed by atoms with Gasteiger partial charge in [-0.25, -0.2) is 9.38 Å². The van der Waals surface area contributed by atoms with E-state index in [9.17, 15) is 4.39 Å². The largest absolute Gasteiger partial charge is 0.377 e. The Kier molecular flexibility index (Phi) is 9.95. The Balaban J connectivity index is 0.00000441. The number of halogens is 3. The van der Waals surface area contributed by atoms with Crippen LogP contribution in [0.15, 0.2) is 23.2 Å². The molecule has 0 fully saturated rings. The van der Waals surface area contributed by atoms with Gasteiger partial charge in [0.1, 0.15) is 5.82 Å². The second kappa shape index (κ2) is 10.2. The van der Waals surface area contributed by atoms with Crippen molar-refractivity contribution in [2.24, 2.45) is 4.99 Å². The van der Waals surface area contributed by atoms with E-state index in [-0.39, 0.29) is 34.6 Å². The smallest absolute Gasteiger partial charge is 0.191 e. The number of nitrogens with one attached hydrogen (secondary N) is 2. The van der Waals surface area contributed by atoms with Crippen molar-refractivity contribution < 1.29 is 9.13 Å². The van der Waals surface area contributed by atoms with Gasteiger partial charge in [0.05, 0.1) is 17.2 Å². The molecule has 0 saturated carbocycles. The number of rotatable bonds is 6. The summed E-state index contributed by atoms with van der Waals surface area (Å²) < 4.78 is 18.5. The van der Waals surface area contributed by atoms with Crippen molar-refractivity contribution in [2.45, 2.75) is 32.9 Å². The lowest BCUT2D eigenvalue weighted by Gasteiger charge is -2.24. The van der Waals surface area contributed by atoms with Gasteiger partial charge in [0.25, 0.3) is 0 Å². The molecule has 0 aromatic heterocycles. The molecule has 1 aromatic carbocycles. The maximum absolute atomic E-state index is 13.1. The Hall–Kier alpha value is -0.600. The minimum atomic E-state index is -0.420. The third kappa shape index (κ3) is 7.60. The molecule has 0 amide bonds. The van der Waals surface area contributed by atoms with Crippen molar-refractivity contribution >= 4 is 41.5 Å². The maximum atomic E-state index is 13.1. The van der Waals surface area contributed by atoms with Crippen LogP contribution in [-0.4, -0.2) is 31.8 Å². The molecule has 4 nitrogen and oxygen atoms in total. The summed E-state index contributed by atoms with van der Waals surface area (Å²) in [5.41, 5.74) is 0.569. The van der Waals surface area contributed by atoms with E-state index in [1.165, 1.54) is 6.07 Å². The van der Waals surface area contributed by atoms with E-state index in [4.69, 9.17) is 16.3 Å². The lowest BCUT2D eigenvalue weighted by Crippen LogP contribution is -2.45. The van der Waals surface area contributed by atoms with Crippen LogP contribution >= 0.6 is 35.6 Å². The highest BCUT2D eigenvalue weighted by Crippen LogP contribution is 2.16. The molecular weight excluding hydrogens is 420 g/mol. The van der Waals surface area contributed by atoms with Gasteiger partial charge in [0.2, 0.25) is 0 Å². The molecule has 0 aliphatic rings. The second-order valence-electron chi connectivity index (χ2n) is 5.26. The number of guanidine groups is 1. The molecular formula is C15H24ClFIN3O. The van der Waals surface area contributed by atoms with Crippen LogP contribution in [-0.2, 0) is 11.3 Å². The number of aliphatic imine (C=N–C) groups is 1. The molecule has 2 N–H and O–H groups in total. The molecule has 0 heterocycles. The first-order chi connectivity index (χ1) is 9.88. The van der Waals surface area contributed by atoms with E-state index in [1.54, 1.807) is 19.2 Å². The van der Waals surface area contributed by atoms with Gasteiger partial charge in [-0.05, 0) is 38.5 Å². The Bertz CT molecular complexity index is 498. The first-order valence-electron chi connectivity index (χ1n) is 6.89. The average molecular weight is 444 g/mol. The molecule has 0 spiro atoms. The van der Waals surface area contributed by atoms with Crippen molar-refractivity contribution in [3.63, 3.8) is 0 Å². The summed E-state index contributed by atoms with van der Waals surface area (Å²) in [6.07, 6.45) is 0. The van der Waals surface area contributed by atoms with Gasteiger partial charge in [-0.1, -0.05) is 17.7 Å². The number of benzene rings is 1. The third-order valence-corrected chi connectivity index (χ3v) is 3.27. The van der Waals surface area contributed by atoms with Crippen LogP contribution in [0.4, 0.5) is 4.39 Å². The van der Waals surface area contributed by atoms with E-state index in [1.807, 2.05) is 20.8 Å². The van der Waals surface area contributed by atoms with Gasteiger partial charge in [0, 0.05) is 20.2 Å². The topological polar surface area (TPSA) is 45.7 Å². The Morgan fingerprint density at radius 2 is 2.05 bits per heavy atom. The highest BCUT2D eigenvalue weighted by Gasteiger charge is 2.16. The summed E-state index contributed by atoms with van der Waals surface area (Å²) in [5, 5.41) is 6.48. The zero-order chi connectivity index (χ0) is 15.9. The maximum Gasteiger partial charge on any atom is 0.191 e. The average Bonchev–Trinajstić information content (AvgIpc) is 2.45. The fourth-order valence-corrected chi connectivity index (χ4v) is 1.72. The van der Waals surface area contributed by atoms with Crippen LogP contribution in [0.2, 0.25) is 5.02 Å². The number of hydrogen-bond donors (Lipinski definition) is 2. The van der Waals surface area contributed by atoms with Crippen LogP contribution in [0.3, 0.4) is 0 Å². The first kappa shape index (κ1) is 21.4. The normalized spacial score (nSPS) is 11.8.